The Morgan fingerprint density at radius 2 is 1.89 bits per heavy atom. The van der Waals surface area contributed by atoms with Crippen LogP contribution in [0.1, 0.15) is 0 Å². The van der Waals surface area contributed by atoms with Gasteiger partial charge in [-0.25, -0.2) is 15.0 Å². The zero-order valence-electron chi connectivity index (χ0n) is 9.99. The molecule has 0 bridgehead atoms. The van der Waals surface area contributed by atoms with E-state index in [4.69, 9.17) is 0 Å². The fourth-order valence-corrected chi connectivity index (χ4v) is 1.94. The van der Waals surface area contributed by atoms with Crippen molar-refractivity contribution in [3.05, 3.63) is 55.2 Å². The Hall–Kier alpha value is -2.49. The van der Waals surface area contributed by atoms with E-state index < -0.39 is 0 Å². The van der Waals surface area contributed by atoms with Crippen molar-refractivity contribution >= 4 is 0 Å². The molecule has 18 heavy (non-hydrogen) atoms. The predicted octanol–water partition coefficient (Wildman–Crippen LogP) is 2.54. The van der Waals surface area contributed by atoms with Gasteiger partial charge in [0.2, 0.25) is 0 Å². The highest BCUT2D eigenvalue weighted by atomic mass is 15.0. The Balaban J connectivity index is 2.21. The number of aromatic nitrogens is 4. The highest BCUT2D eigenvalue weighted by molar-refractivity contribution is 5.76. The first-order chi connectivity index (χ1) is 8.86. The molecule has 0 atom stereocenters. The van der Waals surface area contributed by atoms with Crippen LogP contribution in [0.4, 0.5) is 0 Å². The first kappa shape index (κ1) is 10.7. The lowest BCUT2D eigenvalue weighted by atomic mass is 10.1. The van der Waals surface area contributed by atoms with Crippen LogP contribution in [0.15, 0.2) is 55.2 Å². The molecule has 2 heterocycles. The van der Waals surface area contributed by atoms with Crippen molar-refractivity contribution < 1.29 is 0 Å². The number of imidazole rings is 1. The van der Waals surface area contributed by atoms with Gasteiger partial charge in [-0.05, 0) is 0 Å². The second-order valence-electron chi connectivity index (χ2n) is 4.01. The minimum absolute atomic E-state index is 0.870. The summed E-state index contributed by atoms with van der Waals surface area (Å²) in [5.74, 6) is 0.870. The van der Waals surface area contributed by atoms with E-state index in [1.54, 1.807) is 18.7 Å². The van der Waals surface area contributed by atoms with Crippen molar-refractivity contribution in [2.24, 2.45) is 7.05 Å². The molecular weight excluding hydrogens is 224 g/mol. The van der Waals surface area contributed by atoms with Crippen molar-refractivity contribution in [3.63, 3.8) is 0 Å². The zero-order valence-corrected chi connectivity index (χ0v) is 9.99. The van der Waals surface area contributed by atoms with Crippen LogP contribution in [0.3, 0.4) is 0 Å². The molecular formula is C14H12N4. The van der Waals surface area contributed by atoms with Crippen molar-refractivity contribution in [2.45, 2.75) is 0 Å². The van der Waals surface area contributed by atoms with Crippen molar-refractivity contribution in [3.8, 4) is 22.6 Å². The van der Waals surface area contributed by atoms with Gasteiger partial charge in [0, 0.05) is 31.2 Å². The first-order valence-electron chi connectivity index (χ1n) is 5.69. The fourth-order valence-electron chi connectivity index (χ4n) is 1.94. The molecule has 0 saturated carbocycles. The highest BCUT2D eigenvalue weighted by Gasteiger charge is 2.11. The van der Waals surface area contributed by atoms with Gasteiger partial charge in [-0.15, -0.1) is 0 Å². The number of rotatable bonds is 2. The normalized spacial score (nSPS) is 10.5. The van der Waals surface area contributed by atoms with Crippen LogP contribution in [0.5, 0.6) is 0 Å². The predicted molar refractivity (Wildman–Crippen MR) is 69.7 cm³/mol. The van der Waals surface area contributed by atoms with E-state index in [1.807, 2.05) is 48.1 Å². The molecule has 0 fully saturated rings. The van der Waals surface area contributed by atoms with Crippen LogP contribution in [0, 0.1) is 0 Å². The summed E-state index contributed by atoms with van der Waals surface area (Å²) < 4.78 is 1.96. The molecule has 4 nitrogen and oxygen atoms in total. The van der Waals surface area contributed by atoms with Gasteiger partial charge in [0.1, 0.15) is 12.2 Å². The van der Waals surface area contributed by atoms with Gasteiger partial charge < -0.3 is 4.57 Å². The molecule has 0 aliphatic carbocycles. The third-order valence-corrected chi connectivity index (χ3v) is 2.82. The van der Waals surface area contributed by atoms with E-state index in [-0.39, 0.29) is 0 Å². The zero-order chi connectivity index (χ0) is 12.4. The van der Waals surface area contributed by atoms with Crippen molar-refractivity contribution in [1.82, 2.24) is 19.5 Å². The third-order valence-electron chi connectivity index (χ3n) is 2.82. The van der Waals surface area contributed by atoms with Gasteiger partial charge in [0.05, 0.1) is 11.3 Å². The number of hydrogen-bond donors (Lipinski definition) is 0. The average molecular weight is 236 g/mol. The van der Waals surface area contributed by atoms with Crippen molar-refractivity contribution in [2.75, 3.05) is 0 Å². The summed E-state index contributed by atoms with van der Waals surface area (Å²) in [6.45, 7) is 0. The number of benzene rings is 1. The monoisotopic (exact) mass is 236 g/mol. The summed E-state index contributed by atoms with van der Waals surface area (Å²) in [4.78, 5) is 12.8. The highest BCUT2D eigenvalue weighted by Crippen LogP contribution is 2.27. The molecule has 0 saturated heterocycles. The smallest absolute Gasteiger partial charge is 0.143 e. The van der Waals surface area contributed by atoms with Crippen molar-refractivity contribution in [1.29, 1.82) is 0 Å². The van der Waals surface area contributed by atoms with Crippen LogP contribution >= 0.6 is 0 Å². The number of aryl methyl sites for hydroxylation is 1. The Morgan fingerprint density at radius 1 is 1.06 bits per heavy atom. The minimum Gasteiger partial charge on any atom is -0.334 e. The molecule has 0 N–H and O–H groups in total. The number of nitrogens with zero attached hydrogens (tertiary/aromatic N) is 4. The molecule has 0 aliphatic heterocycles. The summed E-state index contributed by atoms with van der Waals surface area (Å²) >= 11 is 0. The van der Waals surface area contributed by atoms with E-state index >= 15 is 0 Å². The molecule has 0 unspecified atom stereocenters. The van der Waals surface area contributed by atoms with Gasteiger partial charge in [0.15, 0.2) is 0 Å². The molecule has 3 aromatic rings. The first-order valence-corrected chi connectivity index (χ1v) is 5.69. The summed E-state index contributed by atoms with van der Waals surface area (Å²) in [5, 5.41) is 0. The quantitative estimate of drug-likeness (QED) is 0.686. The summed E-state index contributed by atoms with van der Waals surface area (Å²) in [7, 11) is 1.96. The van der Waals surface area contributed by atoms with Crippen LogP contribution in [-0.4, -0.2) is 19.5 Å². The average Bonchev–Trinajstić information content (AvgIpc) is 2.86. The Kier molecular flexibility index (Phi) is 2.61. The van der Waals surface area contributed by atoms with Crippen LogP contribution in [0.25, 0.3) is 22.6 Å². The van der Waals surface area contributed by atoms with Gasteiger partial charge in [-0.2, -0.15) is 0 Å². The lowest BCUT2D eigenvalue weighted by molar-refractivity contribution is 0.921. The fraction of sp³-hybridized carbons (Fsp3) is 0.0714. The SMILES string of the molecule is Cn1ccnc1-c1cncnc1-c1ccccc1. The standard InChI is InChI=1S/C14H12N4/c1-18-8-7-16-14(18)12-9-15-10-17-13(12)11-5-3-2-4-6-11/h2-10H,1H3. The molecule has 0 spiro atoms. The third kappa shape index (κ3) is 1.78. The molecule has 4 heteroatoms. The molecule has 0 radical (unpaired) electrons. The van der Waals surface area contributed by atoms with Gasteiger partial charge in [-0.3, -0.25) is 0 Å². The van der Waals surface area contributed by atoms with Crippen LogP contribution in [0.2, 0.25) is 0 Å². The van der Waals surface area contributed by atoms with Gasteiger partial charge >= 0.3 is 0 Å². The van der Waals surface area contributed by atoms with E-state index in [1.165, 1.54) is 0 Å². The topological polar surface area (TPSA) is 43.6 Å². The maximum absolute atomic E-state index is 4.38. The second-order valence-corrected chi connectivity index (χ2v) is 4.01. The minimum atomic E-state index is 0.870. The molecule has 2 aromatic heterocycles. The second kappa shape index (κ2) is 4.41. The van der Waals surface area contributed by atoms with Gasteiger partial charge in [0.25, 0.3) is 0 Å². The summed E-state index contributed by atoms with van der Waals surface area (Å²) in [5.41, 5.74) is 2.91. The summed E-state index contributed by atoms with van der Waals surface area (Å²) in [6, 6.07) is 10.1. The molecule has 1 aromatic carbocycles. The summed E-state index contributed by atoms with van der Waals surface area (Å²) in [6.07, 6.45) is 7.06. The largest absolute Gasteiger partial charge is 0.334 e. The van der Waals surface area contributed by atoms with E-state index in [0.29, 0.717) is 0 Å². The Bertz CT molecular complexity index is 658. The molecule has 3 rings (SSSR count). The van der Waals surface area contributed by atoms with E-state index in [9.17, 15) is 0 Å². The van der Waals surface area contributed by atoms with Crippen LogP contribution in [-0.2, 0) is 7.05 Å². The lowest BCUT2D eigenvalue weighted by Crippen LogP contribution is -1.96. The number of hydrogen-bond acceptors (Lipinski definition) is 3. The van der Waals surface area contributed by atoms with E-state index in [2.05, 4.69) is 15.0 Å². The van der Waals surface area contributed by atoms with Gasteiger partial charge in [-0.1, -0.05) is 30.3 Å². The van der Waals surface area contributed by atoms with E-state index in [0.717, 1.165) is 22.6 Å². The Labute approximate surface area is 105 Å². The maximum Gasteiger partial charge on any atom is 0.143 e. The molecule has 88 valence electrons. The Morgan fingerprint density at radius 3 is 2.61 bits per heavy atom. The van der Waals surface area contributed by atoms with Crippen LogP contribution < -0.4 is 0 Å². The maximum atomic E-state index is 4.38. The molecule has 0 amide bonds. The molecule has 0 aliphatic rings. The lowest BCUT2D eigenvalue weighted by Gasteiger charge is -2.07.